The Morgan fingerprint density at radius 3 is 2.33 bits per heavy atom. The van der Waals surface area contributed by atoms with Gasteiger partial charge in [0.25, 0.3) is 5.92 Å². The van der Waals surface area contributed by atoms with E-state index in [4.69, 9.17) is 0 Å². The van der Waals surface area contributed by atoms with Gasteiger partial charge in [-0.05, 0) is 25.7 Å². The molecule has 2 fully saturated rings. The first-order valence-corrected chi connectivity index (χ1v) is 6.00. The van der Waals surface area contributed by atoms with Crippen molar-refractivity contribution in [1.82, 2.24) is 0 Å². The van der Waals surface area contributed by atoms with Gasteiger partial charge in [-0.1, -0.05) is 12.8 Å². The summed E-state index contributed by atoms with van der Waals surface area (Å²) < 4.78 is 26.6. The van der Waals surface area contributed by atoms with Gasteiger partial charge in [0.2, 0.25) is 0 Å². The fourth-order valence-electron chi connectivity index (χ4n) is 2.91. The summed E-state index contributed by atoms with van der Waals surface area (Å²) >= 11 is 0. The molecular formula is C12H18F2O. The molecule has 0 N–H and O–H groups in total. The van der Waals surface area contributed by atoms with Crippen molar-refractivity contribution in [1.29, 1.82) is 0 Å². The SMILES string of the molecule is O=C(CC1CCCC1(F)F)C1CCCC1. The number of carbonyl (C=O) groups excluding carboxylic acids is 1. The molecular weight excluding hydrogens is 198 g/mol. The smallest absolute Gasteiger partial charge is 0.251 e. The van der Waals surface area contributed by atoms with Gasteiger partial charge in [-0.15, -0.1) is 0 Å². The summed E-state index contributed by atoms with van der Waals surface area (Å²) in [5.41, 5.74) is 0. The van der Waals surface area contributed by atoms with Crippen LogP contribution in [0.2, 0.25) is 0 Å². The summed E-state index contributed by atoms with van der Waals surface area (Å²) in [7, 11) is 0. The van der Waals surface area contributed by atoms with Crippen LogP contribution in [0.1, 0.15) is 51.4 Å². The van der Waals surface area contributed by atoms with Crippen LogP contribution in [-0.2, 0) is 4.79 Å². The van der Waals surface area contributed by atoms with E-state index in [9.17, 15) is 13.6 Å². The topological polar surface area (TPSA) is 17.1 Å². The van der Waals surface area contributed by atoms with Gasteiger partial charge in [0.1, 0.15) is 5.78 Å². The maximum atomic E-state index is 13.3. The predicted octanol–water partition coefficient (Wildman–Crippen LogP) is 3.57. The zero-order chi connectivity index (χ0) is 10.9. The lowest BCUT2D eigenvalue weighted by molar-refractivity contribution is -0.127. The van der Waals surface area contributed by atoms with Crippen molar-refractivity contribution in [2.75, 3.05) is 0 Å². The quantitative estimate of drug-likeness (QED) is 0.704. The second kappa shape index (κ2) is 4.18. The van der Waals surface area contributed by atoms with Crippen molar-refractivity contribution >= 4 is 5.78 Å². The van der Waals surface area contributed by atoms with Crippen molar-refractivity contribution < 1.29 is 13.6 Å². The third-order valence-electron chi connectivity index (χ3n) is 3.92. The van der Waals surface area contributed by atoms with Crippen molar-refractivity contribution in [3.8, 4) is 0 Å². The molecule has 0 aromatic rings. The van der Waals surface area contributed by atoms with Gasteiger partial charge in [-0.2, -0.15) is 0 Å². The van der Waals surface area contributed by atoms with Crippen molar-refractivity contribution in [2.45, 2.75) is 57.3 Å². The van der Waals surface area contributed by atoms with Gasteiger partial charge >= 0.3 is 0 Å². The second-order valence-corrected chi connectivity index (χ2v) is 5.00. The summed E-state index contributed by atoms with van der Waals surface area (Å²) in [5.74, 6) is -3.04. The highest BCUT2D eigenvalue weighted by molar-refractivity contribution is 5.81. The molecule has 1 unspecified atom stereocenters. The molecule has 0 aromatic heterocycles. The van der Waals surface area contributed by atoms with E-state index in [2.05, 4.69) is 0 Å². The Kier molecular flexibility index (Phi) is 3.08. The number of Topliss-reactive ketones (excluding diaryl/α,β-unsaturated/α-hetero) is 1. The van der Waals surface area contributed by atoms with Crippen LogP contribution in [0.4, 0.5) is 8.78 Å². The molecule has 1 atom stereocenters. The van der Waals surface area contributed by atoms with E-state index in [-0.39, 0.29) is 24.5 Å². The molecule has 0 spiro atoms. The number of hydrogen-bond acceptors (Lipinski definition) is 1. The van der Waals surface area contributed by atoms with Crippen LogP contribution in [0.5, 0.6) is 0 Å². The monoisotopic (exact) mass is 216 g/mol. The van der Waals surface area contributed by atoms with E-state index in [1.54, 1.807) is 0 Å². The molecule has 1 nitrogen and oxygen atoms in total. The van der Waals surface area contributed by atoms with E-state index in [0.717, 1.165) is 25.7 Å². The molecule has 15 heavy (non-hydrogen) atoms. The number of alkyl halides is 2. The Morgan fingerprint density at radius 2 is 1.80 bits per heavy atom. The number of carbonyl (C=O) groups is 1. The van der Waals surface area contributed by atoms with Gasteiger partial charge in [-0.3, -0.25) is 4.79 Å². The highest BCUT2D eigenvalue weighted by atomic mass is 19.3. The molecule has 2 saturated carbocycles. The standard InChI is InChI=1S/C12H18F2O/c13-12(14)7-3-6-10(12)8-11(15)9-4-1-2-5-9/h9-10H,1-8H2. The first-order chi connectivity index (χ1) is 7.09. The van der Waals surface area contributed by atoms with Crippen molar-refractivity contribution in [3.63, 3.8) is 0 Å². The lowest BCUT2D eigenvalue weighted by atomic mass is 9.91. The van der Waals surface area contributed by atoms with Crippen LogP contribution in [0, 0.1) is 11.8 Å². The minimum atomic E-state index is -2.58. The minimum Gasteiger partial charge on any atom is -0.299 e. The lowest BCUT2D eigenvalue weighted by Crippen LogP contribution is -2.26. The Labute approximate surface area is 89.2 Å². The highest BCUT2D eigenvalue weighted by Gasteiger charge is 2.45. The highest BCUT2D eigenvalue weighted by Crippen LogP contribution is 2.43. The van der Waals surface area contributed by atoms with E-state index in [1.807, 2.05) is 0 Å². The van der Waals surface area contributed by atoms with E-state index < -0.39 is 11.8 Å². The van der Waals surface area contributed by atoms with Crippen LogP contribution in [0.25, 0.3) is 0 Å². The number of ketones is 1. The molecule has 2 aliphatic rings. The van der Waals surface area contributed by atoms with Crippen LogP contribution in [0.3, 0.4) is 0 Å². The van der Waals surface area contributed by atoms with Crippen LogP contribution >= 0.6 is 0 Å². The molecule has 0 amide bonds. The van der Waals surface area contributed by atoms with Crippen molar-refractivity contribution in [3.05, 3.63) is 0 Å². The van der Waals surface area contributed by atoms with Crippen LogP contribution in [0.15, 0.2) is 0 Å². The molecule has 0 saturated heterocycles. The molecule has 0 radical (unpaired) electrons. The normalized spacial score (nSPS) is 30.9. The molecule has 2 aliphatic carbocycles. The van der Waals surface area contributed by atoms with Crippen molar-refractivity contribution in [2.24, 2.45) is 11.8 Å². The molecule has 0 aromatic carbocycles. The summed E-state index contributed by atoms with van der Waals surface area (Å²) in [5, 5.41) is 0. The maximum absolute atomic E-state index is 13.3. The van der Waals surface area contributed by atoms with E-state index in [1.165, 1.54) is 0 Å². The average Bonchev–Trinajstić information content (AvgIpc) is 2.76. The first-order valence-electron chi connectivity index (χ1n) is 6.00. The number of halogens is 2. The third-order valence-corrected chi connectivity index (χ3v) is 3.92. The van der Waals surface area contributed by atoms with Gasteiger partial charge in [0.15, 0.2) is 0 Å². The van der Waals surface area contributed by atoms with Crippen LogP contribution in [-0.4, -0.2) is 11.7 Å². The Bertz CT molecular complexity index is 244. The molecule has 0 heterocycles. The van der Waals surface area contributed by atoms with Gasteiger partial charge in [-0.25, -0.2) is 8.78 Å². The van der Waals surface area contributed by atoms with Gasteiger partial charge < -0.3 is 0 Å². The Morgan fingerprint density at radius 1 is 1.13 bits per heavy atom. The first kappa shape index (κ1) is 11.0. The lowest BCUT2D eigenvalue weighted by Gasteiger charge is -2.19. The third kappa shape index (κ3) is 2.37. The summed E-state index contributed by atoms with van der Waals surface area (Å²) in [4.78, 5) is 11.8. The summed E-state index contributed by atoms with van der Waals surface area (Å²) in [6, 6.07) is 0. The van der Waals surface area contributed by atoms with Crippen LogP contribution < -0.4 is 0 Å². The minimum absolute atomic E-state index is 0.0182. The predicted molar refractivity (Wildman–Crippen MR) is 53.9 cm³/mol. The zero-order valence-electron chi connectivity index (χ0n) is 8.98. The fraction of sp³-hybridized carbons (Fsp3) is 0.917. The molecule has 0 bridgehead atoms. The molecule has 0 aliphatic heterocycles. The van der Waals surface area contributed by atoms with Gasteiger partial charge in [0.05, 0.1) is 0 Å². The largest absolute Gasteiger partial charge is 0.299 e. The molecule has 3 heteroatoms. The van der Waals surface area contributed by atoms with Gasteiger partial charge in [0, 0.05) is 24.7 Å². The average molecular weight is 216 g/mol. The number of rotatable bonds is 3. The summed E-state index contributed by atoms with van der Waals surface area (Å²) in [6.45, 7) is 0. The molecule has 2 rings (SSSR count). The Balaban J connectivity index is 1.88. The van der Waals surface area contributed by atoms with E-state index >= 15 is 0 Å². The number of hydrogen-bond donors (Lipinski definition) is 0. The zero-order valence-corrected chi connectivity index (χ0v) is 8.98. The fourth-order valence-corrected chi connectivity index (χ4v) is 2.91. The molecule has 86 valence electrons. The second-order valence-electron chi connectivity index (χ2n) is 5.00. The van der Waals surface area contributed by atoms with E-state index in [0.29, 0.717) is 12.8 Å². The maximum Gasteiger partial charge on any atom is 0.251 e. The summed E-state index contributed by atoms with van der Waals surface area (Å²) in [6.07, 6.45) is 5.26. The Hall–Kier alpha value is -0.470.